The van der Waals surface area contributed by atoms with Crippen LogP contribution in [0.25, 0.3) is 0 Å². The molecule has 1 aromatic rings. The van der Waals surface area contributed by atoms with Crippen LogP contribution >= 0.6 is 15.9 Å². The molecule has 4 heteroatoms. The number of hydrogen-bond acceptors (Lipinski definition) is 2. The Morgan fingerprint density at radius 3 is 2.91 bits per heavy atom. The van der Waals surface area contributed by atoms with Crippen LogP contribution in [0.4, 0.5) is 0 Å². The first-order chi connectivity index (χ1) is 5.25. The first-order valence-corrected chi connectivity index (χ1v) is 4.41. The Hall–Kier alpha value is -0.350. The van der Waals surface area contributed by atoms with E-state index in [2.05, 4.69) is 33.2 Å². The van der Waals surface area contributed by atoms with Gasteiger partial charge in [0.25, 0.3) is 0 Å². The molecule has 0 amide bonds. The maximum absolute atomic E-state index is 4.11. The summed E-state index contributed by atoms with van der Waals surface area (Å²) in [4.78, 5) is 4.11. The normalized spacial score (nSPS) is 10.5. The third-order valence-electron chi connectivity index (χ3n) is 1.58. The standard InChI is InChI=1S/C7H12BrN3/c1-3-9-4-6-5-10-7(8)11(6)2/h5,9H,3-4H2,1-2H3. The number of rotatable bonds is 3. The van der Waals surface area contributed by atoms with Crippen LogP contribution in [0.2, 0.25) is 0 Å². The number of nitrogens with one attached hydrogen (secondary N) is 1. The van der Waals surface area contributed by atoms with Gasteiger partial charge >= 0.3 is 0 Å². The summed E-state index contributed by atoms with van der Waals surface area (Å²) in [7, 11) is 1.99. The van der Waals surface area contributed by atoms with Gasteiger partial charge in [0.05, 0.1) is 11.9 Å². The minimum Gasteiger partial charge on any atom is -0.325 e. The van der Waals surface area contributed by atoms with E-state index >= 15 is 0 Å². The van der Waals surface area contributed by atoms with Crippen LogP contribution in [-0.2, 0) is 13.6 Å². The average molecular weight is 218 g/mol. The van der Waals surface area contributed by atoms with Crippen LogP contribution in [-0.4, -0.2) is 16.1 Å². The highest BCUT2D eigenvalue weighted by atomic mass is 79.9. The predicted octanol–water partition coefficient (Wildman–Crippen LogP) is 1.29. The summed E-state index contributed by atoms with van der Waals surface area (Å²) in [6.07, 6.45) is 1.87. The van der Waals surface area contributed by atoms with Crippen molar-refractivity contribution < 1.29 is 0 Å². The molecule has 0 saturated carbocycles. The summed E-state index contributed by atoms with van der Waals surface area (Å²) < 4.78 is 2.90. The molecule has 1 heterocycles. The highest BCUT2D eigenvalue weighted by molar-refractivity contribution is 9.10. The third-order valence-corrected chi connectivity index (χ3v) is 2.32. The van der Waals surface area contributed by atoms with E-state index in [1.807, 2.05) is 17.8 Å². The molecule has 0 fully saturated rings. The second-order valence-corrected chi connectivity index (χ2v) is 3.07. The van der Waals surface area contributed by atoms with Crippen molar-refractivity contribution in [3.63, 3.8) is 0 Å². The SMILES string of the molecule is CCNCc1cnc(Br)n1C. The van der Waals surface area contributed by atoms with E-state index in [1.165, 1.54) is 5.69 Å². The summed E-state index contributed by atoms with van der Waals surface area (Å²) in [5, 5.41) is 3.24. The molecule has 0 aliphatic carbocycles. The van der Waals surface area contributed by atoms with E-state index in [0.29, 0.717) is 0 Å². The molecule has 0 bridgehead atoms. The van der Waals surface area contributed by atoms with Gasteiger partial charge in [-0.2, -0.15) is 0 Å². The molecule has 0 unspecified atom stereocenters. The maximum Gasteiger partial charge on any atom is 0.177 e. The molecule has 1 N–H and O–H groups in total. The second-order valence-electron chi connectivity index (χ2n) is 2.36. The smallest absolute Gasteiger partial charge is 0.177 e. The second kappa shape index (κ2) is 3.88. The van der Waals surface area contributed by atoms with Gasteiger partial charge in [-0.3, -0.25) is 0 Å². The van der Waals surface area contributed by atoms with Gasteiger partial charge in [0.15, 0.2) is 4.73 Å². The van der Waals surface area contributed by atoms with Crippen LogP contribution in [0.15, 0.2) is 10.9 Å². The Balaban J connectivity index is 2.63. The molecule has 0 aliphatic rings. The predicted molar refractivity (Wildman–Crippen MR) is 48.3 cm³/mol. The summed E-state index contributed by atoms with van der Waals surface area (Å²) in [6, 6.07) is 0. The lowest BCUT2D eigenvalue weighted by Crippen LogP contribution is -2.14. The van der Waals surface area contributed by atoms with Crippen LogP contribution in [0.5, 0.6) is 0 Å². The number of aromatic nitrogens is 2. The molecule has 0 spiro atoms. The Bertz CT molecular complexity index is 232. The fourth-order valence-electron chi connectivity index (χ4n) is 0.837. The van der Waals surface area contributed by atoms with Gasteiger partial charge in [0.2, 0.25) is 0 Å². The monoisotopic (exact) mass is 217 g/mol. The molecule has 0 atom stereocenters. The van der Waals surface area contributed by atoms with E-state index in [9.17, 15) is 0 Å². The molecular formula is C7H12BrN3. The van der Waals surface area contributed by atoms with Crippen molar-refractivity contribution in [3.8, 4) is 0 Å². The first-order valence-electron chi connectivity index (χ1n) is 3.62. The van der Waals surface area contributed by atoms with Crippen LogP contribution < -0.4 is 5.32 Å². The van der Waals surface area contributed by atoms with E-state index in [-0.39, 0.29) is 0 Å². The van der Waals surface area contributed by atoms with E-state index in [4.69, 9.17) is 0 Å². The molecule has 0 saturated heterocycles. The van der Waals surface area contributed by atoms with Gasteiger partial charge in [-0.1, -0.05) is 6.92 Å². The highest BCUT2D eigenvalue weighted by Gasteiger charge is 2.00. The van der Waals surface area contributed by atoms with Crippen molar-refractivity contribution in [2.45, 2.75) is 13.5 Å². The van der Waals surface area contributed by atoms with Gasteiger partial charge in [-0.05, 0) is 22.5 Å². The van der Waals surface area contributed by atoms with Crippen molar-refractivity contribution in [2.24, 2.45) is 7.05 Å². The van der Waals surface area contributed by atoms with Crippen molar-refractivity contribution in [1.82, 2.24) is 14.9 Å². The van der Waals surface area contributed by atoms with Crippen molar-refractivity contribution >= 4 is 15.9 Å². The van der Waals surface area contributed by atoms with Gasteiger partial charge < -0.3 is 9.88 Å². The zero-order chi connectivity index (χ0) is 8.27. The Morgan fingerprint density at radius 2 is 2.45 bits per heavy atom. The van der Waals surface area contributed by atoms with Crippen molar-refractivity contribution in [1.29, 1.82) is 0 Å². The summed E-state index contributed by atoms with van der Waals surface area (Å²) in [5.74, 6) is 0. The molecule has 1 rings (SSSR count). The van der Waals surface area contributed by atoms with Gasteiger partial charge in [-0.25, -0.2) is 4.98 Å². The van der Waals surface area contributed by atoms with Crippen LogP contribution in [0.1, 0.15) is 12.6 Å². The van der Waals surface area contributed by atoms with Crippen LogP contribution in [0, 0.1) is 0 Å². The number of nitrogens with zero attached hydrogens (tertiary/aromatic N) is 2. The third kappa shape index (κ3) is 2.04. The molecular weight excluding hydrogens is 206 g/mol. The van der Waals surface area contributed by atoms with Crippen LogP contribution in [0.3, 0.4) is 0 Å². The average Bonchev–Trinajstić information content (AvgIpc) is 2.31. The molecule has 0 aromatic carbocycles. The van der Waals surface area contributed by atoms with Gasteiger partial charge in [0, 0.05) is 13.6 Å². The lowest BCUT2D eigenvalue weighted by atomic mass is 10.4. The van der Waals surface area contributed by atoms with E-state index in [0.717, 1.165) is 17.8 Å². The number of hydrogen-bond donors (Lipinski definition) is 1. The Labute approximate surface area is 74.9 Å². The molecule has 0 radical (unpaired) electrons. The quantitative estimate of drug-likeness (QED) is 0.828. The van der Waals surface area contributed by atoms with Crippen molar-refractivity contribution in [2.75, 3.05) is 6.54 Å². The lowest BCUT2D eigenvalue weighted by molar-refractivity contribution is 0.675. The molecule has 3 nitrogen and oxygen atoms in total. The molecule has 0 aliphatic heterocycles. The zero-order valence-corrected chi connectivity index (χ0v) is 8.35. The summed E-state index contributed by atoms with van der Waals surface area (Å²) in [6.45, 7) is 3.96. The highest BCUT2D eigenvalue weighted by Crippen LogP contribution is 2.08. The number of imidazole rings is 1. The number of halogens is 1. The molecule has 11 heavy (non-hydrogen) atoms. The lowest BCUT2D eigenvalue weighted by Gasteiger charge is -2.02. The zero-order valence-electron chi connectivity index (χ0n) is 6.76. The Morgan fingerprint density at radius 1 is 1.73 bits per heavy atom. The Kier molecular flexibility index (Phi) is 3.08. The maximum atomic E-state index is 4.11. The summed E-state index contributed by atoms with van der Waals surface area (Å²) in [5.41, 5.74) is 1.19. The minimum atomic E-state index is 0.880. The van der Waals surface area contributed by atoms with E-state index < -0.39 is 0 Å². The van der Waals surface area contributed by atoms with Gasteiger partial charge in [-0.15, -0.1) is 0 Å². The van der Waals surface area contributed by atoms with E-state index in [1.54, 1.807) is 0 Å². The van der Waals surface area contributed by atoms with Gasteiger partial charge in [0.1, 0.15) is 0 Å². The fraction of sp³-hybridized carbons (Fsp3) is 0.571. The van der Waals surface area contributed by atoms with Crippen molar-refractivity contribution in [3.05, 3.63) is 16.6 Å². The largest absolute Gasteiger partial charge is 0.325 e. The fourth-order valence-corrected chi connectivity index (χ4v) is 1.17. The topological polar surface area (TPSA) is 29.9 Å². The minimum absolute atomic E-state index is 0.880. The molecule has 62 valence electrons. The first kappa shape index (κ1) is 8.74. The summed E-state index contributed by atoms with van der Waals surface area (Å²) >= 11 is 3.33. The molecule has 1 aromatic heterocycles.